The summed E-state index contributed by atoms with van der Waals surface area (Å²) in [7, 11) is 0. The summed E-state index contributed by atoms with van der Waals surface area (Å²) in [6.45, 7) is 4.44. The monoisotopic (exact) mass is 255 g/mol. The highest BCUT2D eigenvalue weighted by atomic mass is 19.2. The number of hydrogen-bond acceptors (Lipinski definition) is 2. The molecule has 1 aliphatic rings. The maximum Gasteiger partial charge on any atom is 0.159 e. The molecule has 100 valence electrons. The van der Waals surface area contributed by atoms with E-state index in [0.717, 1.165) is 31.6 Å². The summed E-state index contributed by atoms with van der Waals surface area (Å²) in [5, 5.41) is 3.43. The number of hydrogen-bond donors (Lipinski definition) is 1. The maximum atomic E-state index is 13.2. The number of halogens is 2. The minimum absolute atomic E-state index is 0.323. The summed E-state index contributed by atoms with van der Waals surface area (Å²) in [6.07, 6.45) is 1.69. The zero-order valence-corrected chi connectivity index (χ0v) is 10.6. The van der Waals surface area contributed by atoms with E-state index in [4.69, 9.17) is 4.74 Å². The third-order valence-corrected chi connectivity index (χ3v) is 3.42. The van der Waals surface area contributed by atoms with Gasteiger partial charge in [-0.15, -0.1) is 0 Å². The molecule has 1 aliphatic heterocycles. The molecule has 0 amide bonds. The lowest BCUT2D eigenvalue weighted by atomic mass is 9.89. The molecule has 0 saturated carbocycles. The van der Waals surface area contributed by atoms with Crippen LogP contribution in [0.1, 0.15) is 18.9 Å². The molecule has 18 heavy (non-hydrogen) atoms. The zero-order chi connectivity index (χ0) is 13.0. The van der Waals surface area contributed by atoms with Gasteiger partial charge in [0.05, 0.1) is 6.61 Å². The quantitative estimate of drug-likeness (QED) is 0.892. The Morgan fingerprint density at radius 3 is 2.89 bits per heavy atom. The molecule has 4 heteroatoms. The van der Waals surface area contributed by atoms with E-state index < -0.39 is 11.6 Å². The van der Waals surface area contributed by atoms with E-state index in [2.05, 4.69) is 12.2 Å². The minimum Gasteiger partial charge on any atom is -0.381 e. The van der Waals surface area contributed by atoms with Crippen LogP contribution in [0.4, 0.5) is 8.78 Å². The second-order valence-electron chi connectivity index (χ2n) is 4.74. The summed E-state index contributed by atoms with van der Waals surface area (Å²) in [5.74, 6) is -1.24. The highest BCUT2D eigenvalue weighted by molar-refractivity contribution is 5.18. The van der Waals surface area contributed by atoms with Crippen molar-refractivity contribution in [1.82, 2.24) is 5.32 Å². The van der Waals surface area contributed by atoms with Gasteiger partial charge >= 0.3 is 0 Å². The molecular formula is C14H19F2NO. The van der Waals surface area contributed by atoms with Gasteiger partial charge in [-0.2, -0.15) is 0 Å². The average molecular weight is 255 g/mol. The van der Waals surface area contributed by atoms with E-state index in [-0.39, 0.29) is 0 Å². The summed E-state index contributed by atoms with van der Waals surface area (Å²) in [4.78, 5) is 0. The highest BCUT2D eigenvalue weighted by Gasteiger charge is 2.25. The second-order valence-corrected chi connectivity index (χ2v) is 4.74. The van der Waals surface area contributed by atoms with Gasteiger partial charge in [-0.25, -0.2) is 8.78 Å². The Morgan fingerprint density at radius 1 is 1.33 bits per heavy atom. The van der Waals surface area contributed by atoms with Crippen LogP contribution in [-0.2, 0) is 11.2 Å². The molecule has 2 atom stereocenters. The van der Waals surface area contributed by atoms with Crippen LogP contribution in [0.15, 0.2) is 18.2 Å². The summed E-state index contributed by atoms with van der Waals surface area (Å²) in [5.41, 5.74) is 0.826. The predicted molar refractivity (Wildman–Crippen MR) is 66.5 cm³/mol. The summed E-state index contributed by atoms with van der Waals surface area (Å²) < 4.78 is 31.5. The van der Waals surface area contributed by atoms with Gasteiger partial charge in [0, 0.05) is 18.6 Å². The maximum absolute atomic E-state index is 13.2. The number of rotatable bonds is 4. The smallest absolute Gasteiger partial charge is 0.159 e. The lowest BCUT2D eigenvalue weighted by Crippen LogP contribution is -2.43. The van der Waals surface area contributed by atoms with Gasteiger partial charge in [-0.05, 0) is 37.1 Å². The fourth-order valence-electron chi connectivity index (χ4n) is 2.50. The lowest BCUT2D eigenvalue weighted by Gasteiger charge is -2.32. The lowest BCUT2D eigenvalue weighted by molar-refractivity contribution is 0.0326. The summed E-state index contributed by atoms with van der Waals surface area (Å²) >= 11 is 0. The van der Waals surface area contributed by atoms with Crippen molar-refractivity contribution >= 4 is 0 Å². The number of benzene rings is 1. The highest BCUT2D eigenvalue weighted by Crippen LogP contribution is 2.21. The van der Waals surface area contributed by atoms with Crippen molar-refractivity contribution in [2.24, 2.45) is 5.92 Å². The predicted octanol–water partition coefficient (Wildman–Crippen LogP) is 2.52. The first-order valence-corrected chi connectivity index (χ1v) is 6.45. The van der Waals surface area contributed by atoms with Crippen LogP contribution in [0.2, 0.25) is 0 Å². The van der Waals surface area contributed by atoms with Crippen LogP contribution >= 0.6 is 0 Å². The Kier molecular flexibility index (Phi) is 4.66. The molecule has 1 fully saturated rings. The van der Waals surface area contributed by atoms with Crippen molar-refractivity contribution in [3.8, 4) is 0 Å². The molecule has 0 radical (unpaired) electrons. The van der Waals surface area contributed by atoms with Gasteiger partial charge < -0.3 is 10.1 Å². The van der Waals surface area contributed by atoms with Gasteiger partial charge in [0.2, 0.25) is 0 Å². The van der Waals surface area contributed by atoms with Crippen molar-refractivity contribution in [1.29, 1.82) is 0 Å². The van der Waals surface area contributed by atoms with Gasteiger partial charge in [-0.3, -0.25) is 0 Å². The van der Waals surface area contributed by atoms with E-state index in [1.165, 1.54) is 12.1 Å². The second kappa shape index (κ2) is 6.25. The summed E-state index contributed by atoms with van der Waals surface area (Å²) in [6, 6.07) is 4.52. The Bertz CT molecular complexity index is 395. The van der Waals surface area contributed by atoms with E-state index in [1.54, 1.807) is 6.07 Å². The van der Waals surface area contributed by atoms with Crippen molar-refractivity contribution in [3.63, 3.8) is 0 Å². The Balaban J connectivity index is 2.03. The Hall–Kier alpha value is -1.00. The molecule has 1 heterocycles. The average Bonchev–Trinajstić information content (AvgIpc) is 2.37. The van der Waals surface area contributed by atoms with Gasteiger partial charge in [0.1, 0.15) is 0 Å². The molecule has 2 unspecified atom stereocenters. The van der Waals surface area contributed by atoms with Crippen molar-refractivity contribution in [2.75, 3.05) is 19.8 Å². The third-order valence-electron chi connectivity index (χ3n) is 3.42. The van der Waals surface area contributed by atoms with Gasteiger partial charge in [0.15, 0.2) is 11.6 Å². The first kappa shape index (κ1) is 13.4. The zero-order valence-electron chi connectivity index (χ0n) is 10.6. The van der Waals surface area contributed by atoms with Crippen molar-refractivity contribution < 1.29 is 13.5 Å². The van der Waals surface area contributed by atoms with Crippen LogP contribution in [-0.4, -0.2) is 25.8 Å². The topological polar surface area (TPSA) is 21.3 Å². The van der Waals surface area contributed by atoms with E-state index in [9.17, 15) is 8.78 Å². The van der Waals surface area contributed by atoms with Crippen LogP contribution in [0.5, 0.6) is 0 Å². The molecule has 2 rings (SSSR count). The molecule has 0 aliphatic carbocycles. The van der Waals surface area contributed by atoms with Crippen molar-refractivity contribution in [2.45, 2.75) is 25.8 Å². The first-order chi connectivity index (χ1) is 8.70. The molecule has 1 saturated heterocycles. The van der Waals surface area contributed by atoms with E-state index in [1.807, 2.05) is 0 Å². The van der Waals surface area contributed by atoms with Gasteiger partial charge in [-0.1, -0.05) is 13.0 Å². The minimum atomic E-state index is -0.790. The van der Waals surface area contributed by atoms with Gasteiger partial charge in [0.25, 0.3) is 0 Å². The Labute approximate surface area is 106 Å². The number of nitrogens with one attached hydrogen (secondary N) is 1. The SMILES string of the molecule is CCNC1CCOCC1Cc1ccc(F)c(F)c1. The molecular weight excluding hydrogens is 236 g/mol. The Morgan fingerprint density at radius 2 is 2.17 bits per heavy atom. The largest absolute Gasteiger partial charge is 0.381 e. The normalized spacial score (nSPS) is 24.2. The number of ether oxygens (including phenoxy) is 1. The standard InChI is InChI=1S/C14H19F2NO/c1-2-17-14-5-6-18-9-11(14)7-10-3-4-12(15)13(16)8-10/h3-4,8,11,14,17H,2,5-7,9H2,1H3. The molecule has 0 bridgehead atoms. The van der Waals surface area contributed by atoms with Crippen LogP contribution in [0.3, 0.4) is 0 Å². The van der Waals surface area contributed by atoms with Crippen LogP contribution in [0.25, 0.3) is 0 Å². The molecule has 1 N–H and O–H groups in total. The fraction of sp³-hybridized carbons (Fsp3) is 0.571. The molecule has 1 aromatic rings. The molecule has 0 spiro atoms. The first-order valence-electron chi connectivity index (χ1n) is 6.45. The molecule has 1 aromatic carbocycles. The fourth-order valence-corrected chi connectivity index (χ4v) is 2.50. The molecule has 2 nitrogen and oxygen atoms in total. The van der Waals surface area contributed by atoms with Crippen LogP contribution < -0.4 is 5.32 Å². The molecule has 0 aromatic heterocycles. The van der Waals surface area contributed by atoms with E-state index in [0.29, 0.717) is 18.6 Å². The van der Waals surface area contributed by atoms with E-state index >= 15 is 0 Å². The van der Waals surface area contributed by atoms with Crippen molar-refractivity contribution in [3.05, 3.63) is 35.4 Å². The third kappa shape index (κ3) is 3.27. The van der Waals surface area contributed by atoms with Crippen LogP contribution in [0, 0.1) is 17.6 Å².